The van der Waals surface area contributed by atoms with Crippen molar-refractivity contribution in [3.63, 3.8) is 0 Å². The number of nitrogens with zero attached hydrogens (tertiary/aromatic N) is 1. The highest BCUT2D eigenvalue weighted by Gasteiger charge is 2.46. The van der Waals surface area contributed by atoms with E-state index in [2.05, 4.69) is 20.8 Å². The van der Waals surface area contributed by atoms with Crippen LogP contribution in [0.2, 0.25) is 5.02 Å². The maximum Gasteiger partial charge on any atom is 0.277 e. The van der Waals surface area contributed by atoms with Gasteiger partial charge in [0.1, 0.15) is 0 Å². The molecule has 0 spiro atoms. The number of hydrogen-bond acceptors (Lipinski definition) is 2. The summed E-state index contributed by atoms with van der Waals surface area (Å²) < 4.78 is 0. The molecule has 0 N–H and O–H groups in total. The number of amides is 1. The highest BCUT2D eigenvalue weighted by Crippen LogP contribution is 2.57. The summed E-state index contributed by atoms with van der Waals surface area (Å²) in [5.74, 6) is 0.999. The lowest BCUT2D eigenvalue weighted by molar-refractivity contribution is -0.0756. The minimum absolute atomic E-state index is 0.191. The van der Waals surface area contributed by atoms with E-state index < -0.39 is 0 Å². The summed E-state index contributed by atoms with van der Waals surface area (Å²) >= 11 is 6.36. The molecule has 1 amide bonds. The molecule has 0 bridgehead atoms. The van der Waals surface area contributed by atoms with Crippen molar-refractivity contribution in [3.8, 4) is 0 Å². The minimum Gasteiger partial charge on any atom is -0.274 e. The van der Waals surface area contributed by atoms with Crippen LogP contribution in [0.15, 0.2) is 18.2 Å². The molecule has 0 aliphatic heterocycles. The van der Waals surface area contributed by atoms with Gasteiger partial charge >= 0.3 is 0 Å². The zero-order valence-electron chi connectivity index (χ0n) is 12.7. The third kappa shape index (κ3) is 2.99. The Morgan fingerprint density at radius 3 is 2.50 bits per heavy atom. The molecule has 3 nitrogen and oxygen atoms in total. The first-order valence-corrected chi connectivity index (χ1v) is 7.25. The molecule has 2 rings (SSSR count). The Morgan fingerprint density at radius 2 is 2.05 bits per heavy atom. The van der Waals surface area contributed by atoms with Crippen LogP contribution in [0.25, 0.3) is 0 Å². The van der Waals surface area contributed by atoms with Crippen LogP contribution in [0.5, 0.6) is 0 Å². The first-order valence-electron chi connectivity index (χ1n) is 6.87. The summed E-state index contributed by atoms with van der Waals surface area (Å²) in [5.41, 5.74) is 2.01. The SMILES string of the molecule is CON(C)C(=O)c1ccc([C@@H]2CC2C(C)(C)C)c(Cl)c1. The molecule has 0 saturated heterocycles. The molecule has 1 aliphatic carbocycles. The number of carbonyl (C=O) groups is 1. The van der Waals surface area contributed by atoms with Gasteiger partial charge < -0.3 is 0 Å². The average molecular weight is 296 g/mol. The van der Waals surface area contributed by atoms with Gasteiger partial charge in [0, 0.05) is 17.6 Å². The molecule has 4 heteroatoms. The molecule has 1 fully saturated rings. The smallest absolute Gasteiger partial charge is 0.274 e. The van der Waals surface area contributed by atoms with Crippen molar-refractivity contribution >= 4 is 17.5 Å². The van der Waals surface area contributed by atoms with Gasteiger partial charge in [0.05, 0.1) is 7.11 Å². The topological polar surface area (TPSA) is 29.5 Å². The molecule has 110 valence electrons. The molecule has 1 aliphatic rings. The summed E-state index contributed by atoms with van der Waals surface area (Å²) in [6.07, 6.45) is 1.18. The monoisotopic (exact) mass is 295 g/mol. The Bertz CT molecular complexity index is 522. The van der Waals surface area contributed by atoms with E-state index in [1.165, 1.54) is 18.6 Å². The molecule has 1 saturated carbocycles. The second kappa shape index (κ2) is 5.38. The molecule has 1 aromatic rings. The molecule has 0 aromatic heterocycles. The van der Waals surface area contributed by atoms with E-state index in [9.17, 15) is 4.79 Å². The molecule has 20 heavy (non-hydrogen) atoms. The van der Waals surface area contributed by atoms with Gasteiger partial charge in [-0.05, 0) is 41.4 Å². The summed E-state index contributed by atoms with van der Waals surface area (Å²) in [4.78, 5) is 16.9. The molecule has 2 atom stereocenters. The van der Waals surface area contributed by atoms with Crippen molar-refractivity contribution in [2.75, 3.05) is 14.2 Å². The lowest BCUT2D eigenvalue weighted by Crippen LogP contribution is -2.25. The van der Waals surface area contributed by atoms with Crippen LogP contribution in [-0.4, -0.2) is 25.1 Å². The second-order valence-electron chi connectivity index (χ2n) is 6.54. The molecule has 0 heterocycles. The fourth-order valence-corrected chi connectivity index (χ4v) is 3.04. The lowest BCUT2D eigenvalue weighted by atomic mass is 9.87. The van der Waals surface area contributed by atoms with Gasteiger partial charge in [0.15, 0.2) is 0 Å². The first-order chi connectivity index (χ1) is 9.25. The van der Waals surface area contributed by atoms with E-state index in [0.29, 0.717) is 27.8 Å². The summed E-state index contributed by atoms with van der Waals surface area (Å²) in [5, 5.41) is 1.87. The Morgan fingerprint density at radius 1 is 1.40 bits per heavy atom. The normalized spacial score (nSPS) is 21.7. The second-order valence-corrected chi connectivity index (χ2v) is 6.94. The highest BCUT2D eigenvalue weighted by atomic mass is 35.5. The fraction of sp³-hybridized carbons (Fsp3) is 0.562. The van der Waals surface area contributed by atoms with E-state index in [4.69, 9.17) is 16.4 Å². The predicted molar refractivity (Wildman–Crippen MR) is 80.9 cm³/mol. The quantitative estimate of drug-likeness (QED) is 0.785. The lowest BCUT2D eigenvalue weighted by Gasteiger charge is -2.19. The van der Waals surface area contributed by atoms with Crippen molar-refractivity contribution in [1.82, 2.24) is 5.06 Å². The van der Waals surface area contributed by atoms with E-state index in [1.807, 2.05) is 12.1 Å². The molecule has 0 radical (unpaired) electrons. The molecule has 1 aromatic carbocycles. The molecular formula is C16H22ClNO2. The molecule has 1 unspecified atom stereocenters. The van der Waals surface area contributed by atoms with Gasteiger partial charge in [0.25, 0.3) is 5.91 Å². The van der Waals surface area contributed by atoms with Gasteiger partial charge in [-0.25, -0.2) is 5.06 Å². The van der Waals surface area contributed by atoms with Crippen LogP contribution in [0.4, 0.5) is 0 Å². The van der Waals surface area contributed by atoms with Gasteiger partial charge in [-0.3, -0.25) is 9.63 Å². The Labute approximate surface area is 125 Å². The maximum atomic E-state index is 12.0. The zero-order chi connectivity index (χ0) is 15.1. The van der Waals surface area contributed by atoms with Crippen LogP contribution >= 0.6 is 11.6 Å². The summed E-state index contributed by atoms with van der Waals surface area (Å²) in [6, 6.07) is 5.55. The van der Waals surface area contributed by atoms with Crippen molar-refractivity contribution in [2.24, 2.45) is 11.3 Å². The standard InChI is InChI=1S/C16H22ClNO2/c1-16(2,3)13-9-12(13)11-7-6-10(8-14(11)17)15(19)18(4)20-5/h6-8,12-13H,9H2,1-5H3/t12-,13?/m0/s1. The van der Waals surface area contributed by atoms with Crippen molar-refractivity contribution in [3.05, 3.63) is 34.3 Å². The number of hydroxylamine groups is 2. The van der Waals surface area contributed by atoms with Crippen LogP contribution in [0.1, 0.15) is 49.0 Å². The average Bonchev–Trinajstić information content (AvgIpc) is 3.16. The number of benzene rings is 1. The van der Waals surface area contributed by atoms with Crippen molar-refractivity contribution in [2.45, 2.75) is 33.1 Å². The predicted octanol–water partition coefficient (Wildman–Crippen LogP) is 4.12. The van der Waals surface area contributed by atoms with Crippen LogP contribution < -0.4 is 0 Å². The first kappa shape index (κ1) is 15.3. The third-order valence-electron chi connectivity index (χ3n) is 4.11. The summed E-state index contributed by atoms with van der Waals surface area (Å²) in [7, 11) is 3.05. The van der Waals surface area contributed by atoms with Gasteiger partial charge in [-0.1, -0.05) is 38.4 Å². The maximum absolute atomic E-state index is 12.0. The summed E-state index contributed by atoms with van der Waals surface area (Å²) in [6.45, 7) is 6.78. The van der Waals surface area contributed by atoms with Gasteiger partial charge in [-0.15, -0.1) is 0 Å². The Balaban J connectivity index is 2.18. The highest BCUT2D eigenvalue weighted by molar-refractivity contribution is 6.31. The number of halogens is 1. The van der Waals surface area contributed by atoms with Gasteiger partial charge in [-0.2, -0.15) is 0 Å². The number of hydrogen-bond donors (Lipinski definition) is 0. The van der Waals surface area contributed by atoms with Crippen LogP contribution in [0.3, 0.4) is 0 Å². The van der Waals surface area contributed by atoms with E-state index >= 15 is 0 Å². The zero-order valence-corrected chi connectivity index (χ0v) is 13.5. The van der Waals surface area contributed by atoms with Crippen molar-refractivity contribution in [1.29, 1.82) is 0 Å². The third-order valence-corrected chi connectivity index (χ3v) is 4.44. The van der Waals surface area contributed by atoms with E-state index in [0.717, 1.165) is 5.56 Å². The van der Waals surface area contributed by atoms with Crippen LogP contribution in [-0.2, 0) is 4.84 Å². The van der Waals surface area contributed by atoms with Crippen molar-refractivity contribution < 1.29 is 9.63 Å². The minimum atomic E-state index is -0.191. The Kier molecular flexibility index (Phi) is 4.12. The fourth-order valence-electron chi connectivity index (χ4n) is 2.72. The number of carbonyl (C=O) groups excluding carboxylic acids is 1. The van der Waals surface area contributed by atoms with Crippen LogP contribution in [0, 0.1) is 11.3 Å². The largest absolute Gasteiger partial charge is 0.277 e. The van der Waals surface area contributed by atoms with E-state index in [1.54, 1.807) is 13.1 Å². The Hall–Kier alpha value is -1.06. The van der Waals surface area contributed by atoms with E-state index in [-0.39, 0.29) is 5.91 Å². The molecular weight excluding hydrogens is 274 g/mol. The number of rotatable bonds is 3. The van der Waals surface area contributed by atoms with Gasteiger partial charge in [0.2, 0.25) is 0 Å².